The molecule has 2 aromatic rings. The molecular formula is C17H22N2O4. The van der Waals surface area contributed by atoms with Crippen LogP contribution in [0.15, 0.2) is 47.1 Å². The molecule has 2 N–H and O–H groups in total. The Morgan fingerprint density at radius 2 is 2.13 bits per heavy atom. The minimum Gasteiger partial charge on any atom is -0.491 e. The van der Waals surface area contributed by atoms with Crippen molar-refractivity contribution >= 4 is 6.03 Å². The van der Waals surface area contributed by atoms with Gasteiger partial charge < -0.3 is 24.5 Å². The second-order valence-electron chi connectivity index (χ2n) is 5.14. The van der Waals surface area contributed by atoms with Crippen molar-refractivity contribution in [3.63, 3.8) is 0 Å². The summed E-state index contributed by atoms with van der Waals surface area (Å²) in [6, 6.07) is 10.7. The molecular weight excluding hydrogens is 296 g/mol. The highest BCUT2D eigenvalue weighted by Crippen LogP contribution is 2.20. The highest BCUT2D eigenvalue weighted by molar-refractivity contribution is 5.74. The predicted molar refractivity (Wildman–Crippen MR) is 86.1 cm³/mol. The highest BCUT2D eigenvalue weighted by Gasteiger charge is 2.19. The summed E-state index contributed by atoms with van der Waals surface area (Å²) < 4.78 is 10.8. The van der Waals surface area contributed by atoms with E-state index in [0.29, 0.717) is 12.3 Å². The van der Waals surface area contributed by atoms with Crippen molar-refractivity contribution in [3.05, 3.63) is 54.0 Å². The lowest BCUT2D eigenvalue weighted by atomic mass is 10.2. The molecule has 124 valence electrons. The minimum absolute atomic E-state index is 0.0515. The number of furan rings is 1. The fraction of sp³-hybridized carbons (Fsp3) is 0.353. The Labute approximate surface area is 135 Å². The first-order valence-corrected chi connectivity index (χ1v) is 7.49. The number of amides is 2. The summed E-state index contributed by atoms with van der Waals surface area (Å²) in [5, 5.41) is 11.7. The molecule has 0 fully saturated rings. The lowest BCUT2D eigenvalue weighted by Gasteiger charge is -2.24. The maximum absolute atomic E-state index is 12.3. The summed E-state index contributed by atoms with van der Waals surface area (Å²) in [5.74, 6) is 1.39. The van der Waals surface area contributed by atoms with Crippen LogP contribution in [0.2, 0.25) is 0 Å². The van der Waals surface area contributed by atoms with E-state index < -0.39 is 0 Å². The molecule has 23 heavy (non-hydrogen) atoms. The summed E-state index contributed by atoms with van der Waals surface area (Å²) in [6.45, 7) is 2.41. The topological polar surface area (TPSA) is 74.9 Å². The Balaban J connectivity index is 1.94. The second-order valence-corrected chi connectivity index (χ2v) is 5.14. The van der Waals surface area contributed by atoms with Gasteiger partial charge in [0.15, 0.2) is 0 Å². The molecule has 2 amide bonds. The number of urea groups is 1. The van der Waals surface area contributed by atoms with E-state index in [2.05, 4.69) is 5.32 Å². The second kappa shape index (κ2) is 8.24. The number of aliphatic hydroxyl groups is 1. The minimum atomic E-state index is -0.203. The van der Waals surface area contributed by atoms with Gasteiger partial charge in [-0.25, -0.2) is 4.79 Å². The third-order valence-electron chi connectivity index (χ3n) is 3.61. The standard InChI is InChI=1S/C17H22N2O4/c1-13(15-8-5-10-22-15)19(2)17(21)18-12-14-6-3-4-7-16(14)23-11-9-20/h3-8,10,13,20H,9,11-12H2,1-2H3,(H,18,21). The number of carbonyl (C=O) groups excluding carboxylic acids is 1. The third-order valence-corrected chi connectivity index (χ3v) is 3.61. The average Bonchev–Trinajstić information content (AvgIpc) is 3.11. The van der Waals surface area contributed by atoms with Gasteiger partial charge in [-0.15, -0.1) is 0 Å². The number of rotatable bonds is 7. The number of carbonyl (C=O) groups is 1. The van der Waals surface area contributed by atoms with Crippen LogP contribution in [0.25, 0.3) is 0 Å². The van der Waals surface area contributed by atoms with Crippen LogP contribution in [0.4, 0.5) is 4.79 Å². The van der Waals surface area contributed by atoms with Gasteiger partial charge in [-0.05, 0) is 25.1 Å². The van der Waals surface area contributed by atoms with Crippen LogP contribution < -0.4 is 10.1 Å². The summed E-state index contributed by atoms with van der Waals surface area (Å²) >= 11 is 0. The van der Waals surface area contributed by atoms with Gasteiger partial charge in [0.05, 0.1) is 18.9 Å². The van der Waals surface area contributed by atoms with E-state index in [0.717, 1.165) is 11.3 Å². The Kier molecular flexibility index (Phi) is 6.05. The number of hydrogen-bond donors (Lipinski definition) is 2. The van der Waals surface area contributed by atoms with Crippen molar-refractivity contribution in [2.75, 3.05) is 20.3 Å². The summed E-state index contributed by atoms with van der Waals surface area (Å²) in [6.07, 6.45) is 1.59. The first-order chi connectivity index (χ1) is 11.1. The van der Waals surface area contributed by atoms with Gasteiger partial charge in [-0.1, -0.05) is 18.2 Å². The zero-order valence-electron chi connectivity index (χ0n) is 13.4. The van der Waals surface area contributed by atoms with Crippen molar-refractivity contribution in [2.45, 2.75) is 19.5 Å². The smallest absolute Gasteiger partial charge is 0.318 e. The number of para-hydroxylation sites is 1. The van der Waals surface area contributed by atoms with Crippen LogP contribution in [0.1, 0.15) is 24.3 Å². The number of nitrogens with one attached hydrogen (secondary N) is 1. The lowest BCUT2D eigenvalue weighted by molar-refractivity contribution is 0.186. The Bertz CT molecular complexity index is 613. The first kappa shape index (κ1) is 16.9. The van der Waals surface area contributed by atoms with Gasteiger partial charge >= 0.3 is 6.03 Å². The van der Waals surface area contributed by atoms with E-state index in [4.69, 9.17) is 14.3 Å². The summed E-state index contributed by atoms with van der Waals surface area (Å²) in [4.78, 5) is 13.9. The molecule has 0 aliphatic carbocycles. The molecule has 0 spiro atoms. The molecule has 0 saturated heterocycles. The van der Waals surface area contributed by atoms with Gasteiger partial charge in [0.1, 0.15) is 18.1 Å². The Morgan fingerprint density at radius 1 is 1.35 bits per heavy atom. The molecule has 1 aromatic heterocycles. The molecule has 0 bridgehead atoms. The highest BCUT2D eigenvalue weighted by atomic mass is 16.5. The molecule has 0 radical (unpaired) electrons. The van der Waals surface area contributed by atoms with Crippen LogP contribution >= 0.6 is 0 Å². The Morgan fingerprint density at radius 3 is 2.83 bits per heavy atom. The van der Waals surface area contributed by atoms with Crippen LogP contribution in [0, 0.1) is 0 Å². The van der Waals surface area contributed by atoms with Crippen molar-refractivity contribution in [1.82, 2.24) is 10.2 Å². The maximum atomic E-state index is 12.3. The zero-order valence-corrected chi connectivity index (χ0v) is 13.4. The van der Waals surface area contributed by atoms with E-state index in [1.54, 1.807) is 24.3 Å². The number of benzene rings is 1. The van der Waals surface area contributed by atoms with Crippen molar-refractivity contribution in [3.8, 4) is 5.75 Å². The molecule has 0 aliphatic heterocycles. The molecule has 1 atom stereocenters. The molecule has 0 saturated carbocycles. The average molecular weight is 318 g/mol. The molecule has 0 aliphatic rings. The fourth-order valence-corrected chi connectivity index (χ4v) is 2.14. The molecule has 2 rings (SSSR count). The summed E-state index contributed by atoms with van der Waals surface area (Å²) in [7, 11) is 1.72. The van der Waals surface area contributed by atoms with E-state index in [-0.39, 0.29) is 25.3 Å². The number of hydrogen-bond acceptors (Lipinski definition) is 4. The van der Waals surface area contributed by atoms with Crippen LogP contribution in [-0.4, -0.2) is 36.3 Å². The lowest BCUT2D eigenvalue weighted by Crippen LogP contribution is -2.38. The number of nitrogens with zero attached hydrogens (tertiary/aromatic N) is 1. The van der Waals surface area contributed by atoms with Crippen LogP contribution in [0.5, 0.6) is 5.75 Å². The van der Waals surface area contributed by atoms with Gasteiger partial charge in [0, 0.05) is 19.2 Å². The Hall–Kier alpha value is -2.47. The summed E-state index contributed by atoms with van der Waals surface area (Å²) in [5.41, 5.74) is 0.855. The van der Waals surface area contributed by atoms with E-state index in [1.807, 2.05) is 37.3 Å². The van der Waals surface area contributed by atoms with Crippen molar-refractivity contribution < 1.29 is 19.1 Å². The zero-order chi connectivity index (χ0) is 16.7. The van der Waals surface area contributed by atoms with Crippen LogP contribution in [0.3, 0.4) is 0 Å². The predicted octanol–water partition coefficient (Wildman–Crippen LogP) is 2.55. The van der Waals surface area contributed by atoms with Crippen molar-refractivity contribution in [1.29, 1.82) is 0 Å². The molecule has 1 unspecified atom stereocenters. The molecule has 6 heteroatoms. The van der Waals surface area contributed by atoms with Gasteiger partial charge in [-0.3, -0.25) is 0 Å². The van der Waals surface area contributed by atoms with Crippen molar-refractivity contribution in [2.24, 2.45) is 0 Å². The van der Waals surface area contributed by atoms with E-state index in [1.165, 1.54) is 0 Å². The number of ether oxygens (including phenoxy) is 1. The maximum Gasteiger partial charge on any atom is 0.318 e. The SMILES string of the molecule is CC(c1ccco1)N(C)C(=O)NCc1ccccc1OCCO. The largest absolute Gasteiger partial charge is 0.491 e. The third kappa shape index (κ3) is 4.50. The quantitative estimate of drug-likeness (QED) is 0.823. The van der Waals surface area contributed by atoms with Crippen LogP contribution in [-0.2, 0) is 6.54 Å². The van der Waals surface area contributed by atoms with Gasteiger partial charge in [0.2, 0.25) is 0 Å². The van der Waals surface area contributed by atoms with E-state index in [9.17, 15) is 4.79 Å². The molecule has 6 nitrogen and oxygen atoms in total. The molecule has 1 heterocycles. The number of aliphatic hydroxyl groups excluding tert-OH is 1. The monoisotopic (exact) mass is 318 g/mol. The van der Waals surface area contributed by atoms with Gasteiger partial charge in [-0.2, -0.15) is 0 Å². The van der Waals surface area contributed by atoms with E-state index >= 15 is 0 Å². The normalized spacial score (nSPS) is 11.8. The molecule has 1 aromatic carbocycles. The van der Waals surface area contributed by atoms with Gasteiger partial charge in [0.25, 0.3) is 0 Å². The first-order valence-electron chi connectivity index (χ1n) is 7.49. The fourth-order valence-electron chi connectivity index (χ4n) is 2.14.